The number of para-hydroxylation sites is 1. The van der Waals surface area contributed by atoms with Crippen LogP contribution < -0.4 is 9.67 Å². The summed E-state index contributed by atoms with van der Waals surface area (Å²) in [7, 11) is 0. The number of ketones is 1. The molecule has 0 spiro atoms. The quantitative estimate of drug-likeness (QED) is 0.633. The number of halogens is 2. The molecule has 1 aromatic carbocycles. The van der Waals surface area contributed by atoms with Crippen LogP contribution in [0.15, 0.2) is 18.2 Å². The summed E-state index contributed by atoms with van der Waals surface area (Å²) in [6, 6.07) is 4.47. The fourth-order valence-electron chi connectivity index (χ4n) is 1.20. The number of hydrogen-bond donors (Lipinski definition) is 2. The second-order valence-corrected chi connectivity index (χ2v) is 3.72. The van der Waals surface area contributed by atoms with Gasteiger partial charge in [0.05, 0.1) is 0 Å². The molecule has 0 aliphatic rings. The predicted octanol–water partition coefficient (Wildman–Crippen LogP) is 2.04. The lowest BCUT2D eigenvalue weighted by Gasteiger charge is -2.12. The zero-order valence-corrected chi connectivity index (χ0v) is 9.29. The van der Waals surface area contributed by atoms with Gasteiger partial charge in [-0.25, -0.2) is 0 Å². The summed E-state index contributed by atoms with van der Waals surface area (Å²) >= 11 is 11.0. The first-order valence-electron chi connectivity index (χ1n) is 4.25. The maximum atomic E-state index is 11.6. The zero-order valence-electron chi connectivity index (χ0n) is 7.78. The molecule has 6 heteroatoms. The van der Waals surface area contributed by atoms with Crippen molar-refractivity contribution in [1.82, 2.24) is 0 Å². The minimum atomic E-state index is -0.213. The van der Waals surface area contributed by atoms with Gasteiger partial charge >= 0.3 is 0 Å². The molecule has 4 nitrogen and oxygen atoms in total. The molecule has 0 aliphatic carbocycles. The topological polar surface area (TPSA) is 66.6 Å². The molecule has 0 fully saturated rings. The minimum absolute atomic E-state index is 0.0827. The molecule has 0 amide bonds. The molecule has 1 aromatic rings. The fraction of sp³-hybridized carbons (Fsp3) is 0.222. The molecule has 0 radical (unpaired) electrons. The second kappa shape index (κ2) is 5.21. The van der Waals surface area contributed by atoms with E-state index in [0.29, 0.717) is 3.94 Å². The lowest BCUT2D eigenvalue weighted by Crippen LogP contribution is -2.10. The average Bonchev–Trinajstić information content (AvgIpc) is 2.17. The lowest BCUT2D eigenvalue weighted by atomic mass is 10.1. The van der Waals surface area contributed by atoms with Crippen LogP contribution in [0.4, 0.5) is 5.69 Å². The van der Waals surface area contributed by atoms with Crippen LogP contribution in [0.2, 0.25) is 0 Å². The highest BCUT2D eigenvalue weighted by atomic mass is 35.5. The van der Waals surface area contributed by atoms with Crippen molar-refractivity contribution < 1.29 is 9.90 Å². The molecule has 0 saturated carbocycles. The van der Waals surface area contributed by atoms with Crippen LogP contribution in [0.1, 0.15) is 16.8 Å². The Labute approximate surface area is 97.4 Å². The molecule has 0 heterocycles. The van der Waals surface area contributed by atoms with Gasteiger partial charge in [0.15, 0.2) is 5.78 Å². The van der Waals surface area contributed by atoms with Crippen molar-refractivity contribution in [2.45, 2.75) is 6.42 Å². The van der Waals surface area contributed by atoms with Gasteiger partial charge < -0.3 is 10.8 Å². The number of carbonyl (C=O) groups is 1. The van der Waals surface area contributed by atoms with E-state index in [2.05, 4.69) is 0 Å². The highest BCUT2D eigenvalue weighted by Gasteiger charge is 2.17. The number of nitrogens with zero attached hydrogens (tertiary/aromatic N) is 1. The van der Waals surface area contributed by atoms with E-state index in [9.17, 15) is 9.90 Å². The van der Waals surface area contributed by atoms with Crippen molar-refractivity contribution >= 4 is 35.0 Å². The van der Waals surface area contributed by atoms with Crippen LogP contribution >= 0.6 is 23.6 Å². The number of carbonyl (C=O) groups excluding carboxylic acids is 1. The number of hydrogen-bond acceptors (Lipinski definition) is 4. The van der Waals surface area contributed by atoms with E-state index in [-0.39, 0.29) is 35.7 Å². The monoisotopic (exact) mass is 248 g/mol. The normalized spacial score (nSPS) is 10.1. The summed E-state index contributed by atoms with van der Waals surface area (Å²) in [4.78, 5) is 11.6. The molecule has 0 aliphatic heterocycles. The fourth-order valence-corrected chi connectivity index (χ4v) is 1.56. The first-order chi connectivity index (χ1) is 7.07. The van der Waals surface area contributed by atoms with E-state index in [1.165, 1.54) is 12.1 Å². The van der Waals surface area contributed by atoms with E-state index in [0.717, 1.165) is 0 Å². The average molecular weight is 249 g/mol. The zero-order chi connectivity index (χ0) is 11.4. The standard InChI is InChI=1S/C9H10Cl2N2O2/c10-13(11)9-6(7(14)4-5-12)2-1-3-8(9)15/h1-3,15H,4-5,12H2. The number of benzene rings is 1. The predicted molar refractivity (Wildman–Crippen MR) is 60.3 cm³/mol. The van der Waals surface area contributed by atoms with Gasteiger partial charge in [0, 0.05) is 35.5 Å². The molecule has 15 heavy (non-hydrogen) atoms. The molecule has 0 unspecified atom stereocenters. The molecule has 0 saturated heterocycles. The van der Waals surface area contributed by atoms with E-state index < -0.39 is 0 Å². The van der Waals surface area contributed by atoms with Gasteiger partial charge in [-0.15, -0.1) is 0 Å². The van der Waals surface area contributed by atoms with Gasteiger partial charge in [-0.05, 0) is 18.7 Å². The van der Waals surface area contributed by atoms with E-state index in [4.69, 9.17) is 29.3 Å². The molecule has 82 valence electrons. The number of rotatable bonds is 4. The van der Waals surface area contributed by atoms with Crippen molar-refractivity contribution in [3.05, 3.63) is 23.8 Å². The number of aromatic hydroxyl groups is 1. The Balaban J connectivity index is 3.17. The van der Waals surface area contributed by atoms with E-state index in [1.807, 2.05) is 0 Å². The molecule has 3 N–H and O–H groups in total. The highest BCUT2D eigenvalue weighted by molar-refractivity contribution is 6.50. The van der Waals surface area contributed by atoms with Crippen LogP contribution in [0, 0.1) is 0 Å². The third-order valence-electron chi connectivity index (χ3n) is 1.86. The first-order valence-corrected chi connectivity index (χ1v) is 4.92. The summed E-state index contributed by atoms with van der Waals surface area (Å²) in [5, 5.41) is 9.48. The van der Waals surface area contributed by atoms with Crippen LogP contribution in [0.3, 0.4) is 0 Å². The number of Topliss-reactive ketones (excluding diaryl/α,β-unsaturated/α-hetero) is 1. The van der Waals surface area contributed by atoms with Crippen molar-refractivity contribution in [2.24, 2.45) is 5.73 Å². The van der Waals surface area contributed by atoms with Crippen molar-refractivity contribution in [1.29, 1.82) is 0 Å². The Hall–Kier alpha value is -0.970. The van der Waals surface area contributed by atoms with Gasteiger partial charge in [-0.1, -0.05) is 6.07 Å². The smallest absolute Gasteiger partial charge is 0.166 e. The first kappa shape index (κ1) is 12.1. The summed E-state index contributed by atoms with van der Waals surface area (Å²) in [5.41, 5.74) is 5.61. The Bertz CT molecular complexity index is 369. The van der Waals surface area contributed by atoms with E-state index >= 15 is 0 Å². The summed E-state index contributed by atoms with van der Waals surface area (Å²) in [6.45, 7) is 0.235. The molecule has 0 bridgehead atoms. The van der Waals surface area contributed by atoms with Crippen molar-refractivity contribution in [2.75, 3.05) is 10.5 Å². The van der Waals surface area contributed by atoms with Crippen LogP contribution in [0.25, 0.3) is 0 Å². The van der Waals surface area contributed by atoms with E-state index in [1.54, 1.807) is 6.07 Å². The molecule has 1 rings (SSSR count). The number of phenolic OH excluding ortho intramolecular Hbond substituents is 1. The van der Waals surface area contributed by atoms with Crippen LogP contribution in [-0.2, 0) is 0 Å². The van der Waals surface area contributed by atoms with Gasteiger partial charge in [0.25, 0.3) is 0 Å². The Morgan fingerprint density at radius 2 is 2.13 bits per heavy atom. The third-order valence-corrected chi connectivity index (χ3v) is 2.19. The lowest BCUT2D eigenvalue weighted by molar-refractivity contribution is 0.0986. The number of nitrogens with two attached hydrogens (primary N) is 1. The van der Waals surface area contributed by atoms with Gasteiger partial charge in [0.1, 0.15) is 11.4 Å². The van der Waals surface area contributed by atoms with Gasteiger partial charge in [0.2, 0.25) is 0 Å². The Kier molecular flexibility index (Phi) is 4.20. The van der Waals surface area contributed by atoms with Crippen molar-refractivity contribution in [3.8, 4) is 5.75 Å². The summed E-state index contributed by atoms with van der Waals surface area (Å²) in [5.74, 6) is -0.363. The Morgan fingerprint density at radius 1 is 1.47 bits per heavy atom. The number of phenols is 1. The third kappa shape index (κ3) is 2.75. The van der Waals surface area contributed by atoms with Gasteiger partial charge in [-0.3, -0.25) is 4.79 Å². The maximum Gasteiger partial charge on any atom is 0.166 e. The summed E-state index contributed by atoms with van der Waals surface area (Å²) < 4.78 is 0.666. The van der Waals surface area contributed by atoms with Crippen LogP contribution in [-0.4, -0.2) is 17.4 Å². The van der Waals surface area contributed by atoms with Crippen molar-refractivity contribution in [3.63, 3.8) is 0 Å². The maximum absolute atomic E-state index is 11.6. The largest absolute Gasteiger partial charge is 0.506 e. The number of anilines is 1. The highest BCUT2D eigenvalue weighted by Crippen LogP contribution is 2.34. The molecule has 0 atom stereocenters. The molecule has 0 aromatic heterocycles. The molecular weight excluding hydrogens is 239 g/mol. The second-order valence-electron chi connectivity index (χ2n) is 2.87. The molecular formula is C9H10Cl2N2O2. The van der Waals surface area contributed by atoms with Gasteiger partial charge in [-0.2, -0.15) is 3.94 Å². The SMILES string of the molecule is NCCC(=O)c1cccc(O)c1N(Cl)Cl. The Morgan fingerprint density at radius 3 is 2.67 bits per heavy atom. The minimum Gasteiger partial charge on any atom is -0.506 e. The van der Waals surface area contributed by atoms with Crippen LogP contribution in [0.5, 0.6) is 5.75 Å². The summed E-state index contributed by atoms with van der Waals surface area (Å²) in [6.07, 6.45) is 0.179.